The van der Waals surface area contributed by atoms with Gasteiger partial charge in [-0.2, -0.15) is 0 Å². The number of benzene rings is 2. The van der Waals surface area contributed by atoms with Gasteiger partial charge < -0.3 is 14.9 Å². The topological polar surface area (TPSA) is 83.8 Å². The van der Waals surface area contributed by atoms with Crippen molar-refractivity contribution in [1.82, 2.24) is 0 Å². The number of hydrogen-bond acceptors (Lipinski definition) is 4. The Labute approximate surface area is 115 Å². The minimum atomic E-state index is -1.05. The molecule has 2 aromatic rings. The summed E-state index contributed by atoms with van der Waals surface area (Å²) in [5.74, 6) is -1.14. The summed E-state index contributed by atoms with van der Waals surface area (Å²) in [5.41, 5.74) is 0.0850. The van der Waals surface area contributed by atoms with Crippen molar-refractivity contribution in [2.45, 2.75) is 12.8 Å². The molecule has 0 aromatic heterocycles. The number of carbonyl (C=O) groups is 2. The number of carboxylic acids is 1. The van der Waals surface area contributed by atoms with E-state index in [9.17, 15) is 14.7 Å². The van der Waals surface area contributed by atoms with E-state index in [-0.39, 0.29) is 24.2 Å². The summed E-state index contributed by atoms with van der Waals surface area (Å²) in [5, 5.41) is 20.0. The molecule has 0 amide bonds. The van der Waals surface area contributed by atoms with Crippen molar-refractivity contribution < 1.29 is 24.5 Å². The fraction of sp³-hybridized carbons (Fsp3) is 0.200. The number of phenolic OH excluding ortho intramolecular Hbond substituents is 1. The zero-order chi connectivity index (χ0) is 14.7. The standard InChI is InChI=1S/C15H14O5/c1-20-13-8-11(12(16)6-7-14(17)18)15(19)10-5-3-2-4-9(10)13/h2-5,8,19H,6-7H2,1H3,(H,17,18). The Kier molecular flexibility index (Phi) is 3.89. The molecule has 0 heterocycles. The van der Waals surface area contributed by atoms with Gasteiger partial charge in [-0.3, -0.25) is 9.59 Å². The van der Waals surface area contributed by atoms with E-state index in [1.165, 1.54) is 13.2 Å². The molecule has 2 N–H and O–H groups in total. The highest BCUT2D eigenvalue weighted by Gasteiger charge is 2.18. The van der Waals surface area contributed by atoms with Crippen LogP contribution in [0.3, 0.4) is 0 Å². The van der Waals surface area contributed by atoms with E-state index in [4.69, 9.17) is 9.84 Å². The molecule has 0 atom stereocenters. The molecule has 0 spiro atoms. The fourth-order valence-electron chi connectivity index (χ4n) is 2.06. The van der Waals surface area contributed by atoms with Gasteiger partial charge in [0.2, 0.25) is 0 Å². The van der Waals surface area contributed by atoms with Crippen molar-refractivity contribution in [1.29, 1.82) is 0 Å². The molecular weight excluding hydrogens is 260 g/mol. The van der Waals surface area contributed by atoms with E-state index < -0.39 is 11.8 Å². The van der Waals surface area contributed by atoms with E-state index in [1.54, 1.807) is 24.3 Å². The lowest BCUT2D eigenvalue weighted by molar-refractivity contribution is -0.136. The van der Waals surface area contributed by atoms with Gasteiger partial charge in [0, 0.05) is 17.2 Å². The normalized spacial score (nSPS) is 10.4. The van der Waals surface area contributed by atoms with Gasteiger partial charge >= 0.3 is 5.97 Å². The first-order chi connectivity index (χ1) is 9.54. The minimum Gasteiger partial charge on any atom is -0.507 e. The number of rotatable bonds is 5. The van der Waals surface area contributed by atoms with Gasteiger partial charge in [0.05, 0.1) is 19.1 Å². The lowest BCUT2D eigenvalue weighted by atomic mass is 9.99. The van der Waals surface area contributed by atoms with Crippen LogP contribution in [0, 0.1) is 0 Å². The van der Waals surface area contributed by atoms with Crippen LogP contribution in [0.4, 0.5) is 0 Å². The molecule has 0 aliphatic carbocycles. The zero-order valence-electron chi connectivity index (χ0n) is 10.9. The Morgan fingerprint density at radius 2 is 1.80 bits per heavy atom. The van der Waals surface area contributed by atoms with Gasteiger partial charge in [0.25, 0.3) is 0 Å². The number of carbonyl (C=O) groups excluding carboxylic acids is 1. The molecule has 20 heavy (non-hydrogen) atoms. The molecule has 0 saturated heterocycles. The monoisotopic (exact) mass is 274 g/mol. The van der Waals surface area contributed by atoms with E-state index in [0.717, 1.165) is 0 Å². The first-order valence-corrected chi connectivity index (χ1v) is 6.08. The Balaban J connectivity index is 2.51. The van der Waals surface area contributed by atoms with Crippen LogP contribution in [-0.4, -0.2) is 29.1 Å². The highest BCUT2D eigenvalue weighted by atomic mass is 16.5. The second-order valence-corrected chi connectivity index (χ2v) is 4.34. The van der Waals surface area contributed by atoms with Crippen LogP contribution < -0.4 is 4.74 Å². The predicted octanol–water partition coefficient (Wildman–Crippen LogP) is 2.60. The maximum Gasteiger partial charge on any atom is 0.303 e. The summed E-state index contributed by atoms with van der Waals surface area (Å²) in [4.78, 5) is 22.5. The molecule has 104 valence electrons. The molecule has 0 bridgehead atoms. The van der Waals surface area contributed by atoms with Gasteiger partial charge in [-0.15, -0.1) is 0 Å². The predicted molar refractivity (Wildman–Crippen MR) is 73.4 cm³/mol. The quantitative estimate of drug-likeness (QED) is 0.819. The number of ketones is 1. The number of ether oxygens (including phenoxy) is 1. The molecule has 2 rings (SSSR count). The number of Topliss-reactive ketones (excluding diaryl/α,β-unsaturated/α-hetero) is 1. The van der Waals surface area contributed by atoms with E-state index >= 15 is 0 Å². The minimum absolute atomic E-state index is 0.0850. The Morgan fingerprint density at radius 3 is 2.40 bits per heavy atom. The third kappa shape index (κ3) is 2.56. The smallest absolute Gasteiger partial charge is 0.303 e. The van der Waals surface area contributed by atoms with Crippen molar-refractivity contribution in [3.8, 4) is 11.5 Å². The molecule has 0 radical (unpaired) electrons. The van der Waals surface area contributed by atoms with Crippen LogP contribution >= 0.6 is 0 Å². The van der Waals surface area contributed by atoms with Gasteiger partial charge in [0.1, 0.15) is 11.5 Å². The largest absolute Gasteiger partial charge is 0.507 e. The molecule has 0 fully saturated rings. The molecule has 0 aliphatic heterocycles. The highest BCUT2D eigenvalue weighted by Crippen LogP contribution is 2.36. The number of fused-ring (bicyclic) bond motifs is 1. The lowest BCUT2D eigenvalue weighted by Gasteiger charge is -2.11. The van der Waals surface area contributed by atoms with Crippen LogP contribution in [0.5, 0.6) is 11.5 Å². The number of aliphatic carboxylic acids is 1. The fourth-order valence-corrected chi connectivity index (χ4v) is 2.06. The molecule has 5 nitrogen and oxygen atoms in total. The van der Waals surface area contributed by atoms with Crippen molar-refractivity contribution >= 4 is 22.5 Å². The number of aromatic hydroxyl groups is 1. The van der Waals surface area contributed by atoms with Gasteiger partial charge in [-0.05, 0) is 6.07 Å². The Hall–Kier alpha value is -2.56. The molecule has 2 aromatic carbocycles. The van der Waals surface area contributed by atoms with Crippen LogP contribution in [0.2, 0.25) is 0 Å². The summed E-state index contributed by atoms with van der Waals surface area (Å²) in [7, 11) is 1.48. The van der Waals surface area contributed by atoms with Crippen molar-refractivity contribution in [2.75, 3.05) is 7.11 Å². The second kappa shape index (κ2) is 5.61. The van der Waals surface area contributed by atoms with Crippen LogP contribution in [0.15, 0.2) is 30.3 Å². The maximum absolute atomic E-state index is 12.0. The molecule has 5 heteroatoms. The zero-order valence-corrected chi connectivity index (χ0v) is 10.9. The van der Waals surface area contributed by atoms with Crippen molar-refractivity contribution in [3.05, 3.63) is 35.9 Å². The summed E-state index contributed by atoms with van der Waals surface area (Å²) >= 11 is 0. The summed E-state index contributed by atoms with van der Waals surface area (Å²) in [6, 6.07) is 8.45. The highest BCUT2D eigenvalue weighted by molar-refractivity contribution is 6.07. The summed E-state index contributed by atoms with van der Waals surface area (Å²) in [6.45, 7) is 0. The van der Waals surface area contributed by atoms with E-state index in [1.807, 2.05) is 0 Å². The summed E-state index contributed by atoms with van der Waals surface area (Å²) in [6.07, 6.45) is -0.433. The number of methoxy groups -OCH3 is 1. The third-order valence-electron chi connectivity index (χ3n) is 3.06. The van der Waals surface area contributed by atoms with Crippen molar-refractivity contribution in [2.24, 2.45) is 0 Å². The van der Waals surface area contributed by atoms with Crippen molar-refractivity contribution in [3.63, 3.8) is 0 Å². The average molecular weight is 274 g/mol. The van der Waals surface area contributed by atoms with E-state index in [0.29, 0.717) is 16.5 Å². The Morgan fingerprint density at radius 1 is 1.15 bits per heavy atom. The molecule has 0 aliphatic rings. The number of hydrogen-bond donors (Lipinski definition) is 2. The van der Waals surface area contributed by atoms with Gasteiger partial charge in [-0.1, -0.05) is 24.3 Å². The second-order valence-electron chi connectivity index (χ2n) is 4.34. The molecule has 0 unspecified atom stereocenters. The first-order valence-electron chi connectivity index (χ1n) is 6.08. The van der Waals surface area contributed by atoms with Crippen LogP contribution in [-0.2, 0) is 4.79 Å². The number of phenols is 1. The molecule has 0 saturated carbocycles. The van der Waals surface area contributed by atoms with Gasteiger partial charge in [-0.25, -0.2) is 0 Å². The summed E-state index contributed by atoms with van der Waals surface area (Å²) < 4.78 is 5.22. The number of carboxylic acid groups (broad SMARTS) is 1. The van der Waals surface area contributed by atoms with Crippen LogP contribution in [0.25, 0.3) is 10.8 Å². The first kappa shape index (κ1) is 13.9. The average Bonchev–Trinajstić information content (AvgIpc) is 2.45. The SMILES string of the molecule is COc1cc(C(=O)CCC(=O)O)c(O)c2ccccc12. The van der Waals surface area contributed by atoms with E-state index in [2.05, 4.69) is 0 Å². The van der Waals surface area contributed by atoms with Gasteiger partial charge in [0.15, 0.2) is 5.78 Å². The lowest BCUT2D eigenvalue weighted by Crippen LogP contribution is -2.05. The third-order valence-corrected chi connectivity index (χ3v) is 3.06. The Bertz CT molecular complexity index is 675. The van der Waals surface area contributed by atoms with Crippen LogP contribution in [0.1, 0.15) is 23.2 Å². The molecular formula is C15H14O5. The maximum atomic E-state index is 12.0.